The van der Waals surface area contributed by atoms with Crippen LogP contribution in [-0.2, 0) is 20.7 Å². The standard InChI is InChI=1S/C18H23N5O4/c1-10-7-11(2)20-18(19-10)23-13(4)14(12(3)21-23)8-16(24)22-5-6-27-9-15(22)17(25)26/h7,15H,5-6,8-9H2,1-4H3,(H,25,26)/t15-/m1/s1. The van der Waals surface area contributed by atoms with Crippen LogP contribution in [-0.4, -0.2) is 67.4 Å². The van der Waals surface area contributed by atoms with E-state index in [4.69, 9.17) is 4.74 Å². The largest absolute Gasteiger partial charge is 0.480 e. The number of carboxylic acids is 1. The van der Waals surface area contributed by atoms with Crippen molar-refractivity contribution in [3.63, 3.8) is 0 Å². The number of aliphatic carboxylic acids is 1. The highest BCUT2D eigenvalue weighted by molar-refractivity contribution is 5.85. The van der Waals surface area contributed by atoms with Gasteiger partial charge in [-0.05, 0) is 33.8 Å². The predicted molar refractivity (Wildman–Crippen MR) is 95.8 cm³/mol. The maximum atomic E-state index is 12.8. The molecular weight excluding hydrogens is 350 g/mol. The van der Waals surface area contributed by atoms with Crippen molar-refractivity contribution in [2.24, 2.45) is 0 Å². The summed E-state index contributed by atoms with van der Waals surface area (Å²) in [6.07, 6.45) is 0.0756. The maximum absolute atomic E-state index is 12.8. The Morgan fingerprint density at radius 1 is 1.22 bits per heavy atom. The molecule has 9 nitrogen and oxygen atoms in total. The number of nitrogens with zero attached hydrogens (tertiary/aromatic N) is 5. The lowest BCUT2D eigenvalue weighted by Gasteiger charge is -2.32. The monoisotopic (exact) mass is 373 g/mol. The minimum atomic E-state index is -1.06. The highest BCUT2D eigenvalue weighted by Gasteiger charge is 2.33. The minimum Gasteiger partial charge on any atom is -0.480 e. The van der Waals surface area contributed by atoms with Gasteiger partial charge < -0.3 is 14.7 Å². The summed E-state index contributed by atoms with van der Waals surface area (Å²) >= 11 is 0. The zero-order valence-corrected chi connectivity index (χ0v) is 15.9. The Balaban J connectivity index is 1.88. The van der Waals surface area contributed by atoms with Crippen LogP contribution in [0.15, 0.2) is 6.07 Å². The third kappa shape index (κ3) is 3.82. The van der Waals surface area contributed by atoms with E-state index in [9.17, 15) is 14.7 Å². The molecule has 3 heterocycles. The Labute approximate surface area is 157 Å². The van der Waals surface area contributed by atoms with E-state index in [0.29, 0.717) is 18.2 Å². The lowest BCUT2D eigenvalue weighted by atomic mass is 10.1. The zero-order valence-electron chi connectivity index (χ0n) is 15.9. The molecule has 0 unspecified atom stereocenters. The van der Waals surface area contributed by atoms with Crippen LogP contribution in [0.4, 0.5) is 0 Å². The zero-order chi connectivity index (χ0) is 19.7. The van der Waals surface area contributed by atoms with Crippen LogP contribution in [0.3, 0.4) is 0 Å². The predicted octanol–water partition coefficient (Wildman–Crippen LogP) is 0.750. The van der Waals surface area contributed by atoms with Crippen LogP contribution >= 0.6 is 0 Å². The highest BCUT2D eigenvalue weighted by Crippen LogP contribution is 2.19. The fraction of sp³-hybridized carbons (Fsp3) is 0.500. The van der Waals surface area contributed by atoms with Gasteiger partial charge in [-0.25, -0.2) is 19.4 Å². The van der Waals surface area contributed by atoms with E-state index in [-0.39, 0.29) is 25.5 Å². The van der Waals surface area contributed by atoms with E-state index in [1.54, 1.807) is 4.68 Å². The van der Waals surface area contributed by atoms with Gasteiger partial charge in [-0.15, -0.1) is 0 Å². The molecule has 144 valence electrons. The van der Waals surface area contributed by atoms with Crippen molar-refractivity contribution in [3.8, 4) is 5.95 Å². The number of hydrogen-bond donors (Lipinski definition) is 1. The second-order valence-corrected chi connectivity index (χ2v) is 6.70. The molecule has 0 bridgehead atoms. The second-order valence-electron chi connectivity index (χ2n) is 6.70. The Morgan fingerprint density at radius 2 is 1.89 bits per heavy atom. The number of hydrogen-bond acceptors (Lipinski definition) is 6. The van der Waals surface area contributed by atoms with E-state index in [1.807, 2.05) is 33.8 Å². The average Bonchev–Trinajstić information content (AvgIpc) is 2.89. The van der Waals surface area contributed by atoms with Crippen LogP contribution in [0.2, 0.25) is 0 Å². The molecule has 9 heteroatoms. The third-order valence-corrected chi connectivity index (χ3v) is 4.66. The van der Waals surface area contributed by atoms with Gasteiger partial charge in [-0.1, -0.05) is 0 Å². The summed E-state index contributed by atoms with van der Waals surface area (Å²) in [7, 11) is 0. The molecule has 3 rings (SSSR count). The van der Waals surface area contributed by atoms with E-state index in [1.165, 1.54) is 4.90 Å². The molecule has 1 atom stereocenters. The summed E-state index contributed by atoms with van der Waals surface area (Å²) in [6, 6.07) is 0.925. The first-order valence-corrected chi connectivity index (χ1v) is 8.75. The molecule has 2 aromatic rings. The van der Waals surface area contributed by atoms with Crippen LogP contribution < -0.4 is 0 Å². The molecule has 0 spiro atoms. The van der Waals surface area contributed by atoms with Gasteiger partial charge in [0.1, 0.15) is 0 Å². The van der Waals surface area contributed by atoms with Gasteiger partial charge in [0, 0.05) is 29.2 Å². The van der Waals surface area contributed by atoms with Crippen LogP contribution in [0.5, 0.6) is 0 Å². The average molecular weight is 373 g/mol. The number of rotatable bonds is 4. The van der Waals surface area contributed by atoms with Gasteiger partial charge in [0.05, 0.1) is 25.3 Å². The number of ether oxygens (including phenoxy) is 1. The minimum absolute atomic E-state index is 0.00864. The van der Waals surface area contributed by atoms with E-state index in [2.05, 4.69) is 15.1 Å². The van der Waals surface area contributed by atoms with Crippen LogP contribution in [0.1, 0.15) is 28.3 Å². The number of aromatic nitrogens is 4. The van der Waals surface area contributed by atoms with Crippen molar-refractivity contribution in [1.82, 2.24) is 24.6 Å². The third-order valence-electron chi connectivity index (χ3n) is 4.66. The Hall–Kier alpha value is -2.81. The van der Waals surface area contributed by atoms with Crippen LogP contribution in [0.25, 0.3) is 5.95 Å². The SMILES string of the molecule is Cc1cc(C)nc(-n2nc(C)c(CC(=O)N3CCOC[C@@H]3C(=O)O)c2C)n1. The first kappa shape index (κ1) is 19.0. The fourth-order valence-electron chi connectivity index (χ4n) is 3.29. The summed E-state index contributed by atoms with van der Waals surface area (Å²) in [5, 5.41) is 13.8. The number of aryl methyl sites for hydroxylation is 3. The van der Waals surface area contributed by atoms with Gasteiger partial charge in [0.2, 0.25) is 5.91 Å². The molecular formula is C18H23N5O4. The molecule has 0 radical (unpaired) electrons. The fourth-order valence-corrected chi connectivity index (χ4v) is 3.29. The van der Waals surface area contributed by atoms with Gasteiger partial charge >= 0.3 is 5.97 Å². The van der Waals surface area contributed by atoms with Crippen molar-refractivity contribution in [1.29, 1.82) is 0 Å². The molecule has 1 fully saturated rings. The first-order valence-electron chi connectivity index (χ1n) is 8.75. The molecule has 0 aliphatic carbocycles. The lowest BCUT2D eigenvalue weighted by molar-refractivity contribution is -0.158. The quantitative estimate of drug-likeness (QED) is 0.842. The molecule has 1 aliphatic rings. The summed E-state index contributed by atoms with van der Waals surface area (Å²) in [5.41, 5.74) is 3.90. The van der Waals surface area contributed by atoms with Gasteiger partial charge in [0.25, 0.3) is 5.95 Å². The van der Waals surface area contributed by atoms with Gasteiger partial charge in [-0.2, -0.15) is 5.10 Å². The Bertz CT molecular complexity index is 872. The summed E-state index contributed by atoms with van der Waals surface area (Å²) in [4.78, 5) is 34.4. The normalized spacial score (nSPS) is 17.2. The first-order chi connectivity index (χ1) is 12.8. The van der Waals surface area contributed by atoms with Crippen molar-refractivity contribution in [3.05, 3.63) is 34.4 Å². The summed E-state index contributed by atoms with van der Waals surface area (Å²) in [6.45, 7) is 8.07. The van der Waals surface area contributed by atoms with E-state index >= 15 is 0 Å². The number of amides is 1. The number of carbonyl (C=O) groups is 2. The topological polar surface area (TPSA) is 110 Å². The Kier molecular flexibility index (Phi) is 5.22. The molecule has 27 heavy (non-hydrogen) atoms. The molecule has 0 aromatic carbocycles. The molecule has 1 aliphatic heterocycles. The molecule has 1 saturated heterocycles. The van der Waals surface area contributed by atoms with Crippen molar-refractivity contribution < 1.29 is 19.4 Å². The van der Waals surface area contributed by atoms with Crippen LogP contribution in [0, 0.1) is 27.7 Å². The number of morpholine rings is 1. The highest BCUT2D eigenvalue weighted by atomic mass is 16.5. The molecule has 2 aromatic heterocycles. The summed E-state index contributed by atoms with van der Waals surface area (Å²) < 4.78 is 6.83. The lowest BCUT2D eigenvalue weighted by Crippen LogP contribution is -2.53. The summed E-state index contributed by atoms with van der Waals surface area (Å²) in [5.74, 6) is -0.852. The molecule has 1 amide bonds. The van der Waals surface area contributed by atoms with Gasteiger partial charge in [0.15, 0.2) is 6.04 Å². The molecule has 0 saturated carbocycles. The van der Waals surface area contributed by atoms with Crippen molar-refractivity contribution >= 4 is 11.9 Å². The maximum Gasteiger partial charge on any atom is 0.328 e. The number of carboxylic acid groups (broad SMARTS) is 1. The Morgan fingerprint density at radius 3 is 2.52 bits per heavy atom. The second kappa shape index (κ2) is 7.43. The van der Waals surface area contributed by atoms with Gasteiger partial charge in [-0.3, -0.25) is 4.79 Å². The smallest absolute Gasteiger partial charge is 0.328 e. The van der Waals surface area contributed by atoms with E-state index in [0.717, 1.165) is 22.6 Å². The molecule has 1 N–H and O–H groups in total. The van der Waals surface area contributed by atoms with Crippen molar-refractivity contribution in [2.45, 2.75) is 40.2 Å². The number of carbonyl (C=O) groups excluding carboxylic acids is 1. The van der Waals surface area contributed by atoms with E-state index < -0.39 is 12.0 Å². The van der Waals surface area contributed by atoms with Crippen molar-refractivity contribution in [2.75, 3.05) is 19.8 Å².